The van der Waals surface area contributed by atoms with E-state index in [0.29, 0.717) is 23.8 Å². The van der Waals surface area contributed by atoms with Gasteiger partial charge in [-0.2, -0.15) is 0 Å². The number of carbonyl (C=O) groups excluding carboxylic acids is 1. The fourth-order valence-electron chi connectivity index (χ4n) is 2.53. The number of hydrogen-bond acceptors (Lipinski definition) is 3. The zero-order chi connectivity index (χ0) is 15.4. The Morgan fingerprint density at radius 2 is 2.19 bits per heavy atom. The summed E-state index contributed by atoms with van der Waals surface area (Å²) in [4.78, 5) is 13.8. The number of carbonyl (C=O) groups is 1. The van der Waals surface area contributed by atoms with Gasteiger partial charge >= 0.3 is 0 Å². The molecule has 21 heavy (non-hydrogen) atoms. The molecule has 1 aliphatic rings. The van der Waals surface area contributed by atoms with Gasteiger partial charge in [0.1, 0.15) is 5.82 Å². The van der Waals surface area contributed by atoms with E-state index in [1.165, 1.54) is 17.0 Å². The molecule has 1 amide bonds. The zero-order valence-electron chi connectivity index (χ0n) is 12.0. The van der Waals surface area contributed by atoms with Crippen molar-refractivity contribution in [2.75, 3.05) is 20.3 Å². The van der Waals surface area contributed by atoms with E-state index in [2.05, 4.69) is 0 Å². The van der Waals surface area contributed by atoms with Crippen molar-refractivity contribution in [2.45, 2.75) is 25.4 Å². The largest absolute Gasteiger partial charge is 0.381 e. The molecule has 1 saturated heterocycles. The van der Waals surface area contributed by atoms with Crippen LogP contribution in [0.15, 0.2) is 18.2 Å². The summed E-state index contributed by atoms with van der Waals surface area (Å²) in [6.07, 6.45) is 1.56. The van der Waals surface area contributed by atoms with Crippen LogP contribution in [-0.2, 0) is 16.1 Å². The molecule has 0 saturated carbocycles. The van der Waals surface area contributed by atoms with Crippen LogP contribution < -0.4 is 5.73 Å². The van der Waals surface area contributed by atoms with Crippen molar-refractivity contribution in [2.24, 2.45) is 11.7 Å². The summed E-state index contributed by atoms with van der Waals surface area (Å²) < 4.78 is 19.0. The fraction of sp³-hybridized carbons (Fsp3) is 0.533. The molecule has 0 aromatic heterocycles. The maximum absolute atomic E-state index is 13.8. The van der Waals surface area contributed by atoms with Crippen molar-refractivity contribution in [3.63, 3.8) is 0 Å². The monoisotopic (exact) mass is 314 g/mol. The Kier molecular flexibility index (Phi) is 5.56. The topological polar surface area (TPSA) is 55.6 Å². The Hall–Kier alpha value is -1.17. The Morgan fingerprint density at radius 1 is 1.52 bits per heavy atom. The lowest BCUT2D eigenvalue weighted by atomic mass is 9.91. The summed E-state index contributed by atoms with van der Waals surface area (Å²) in [7, 11) is 1.62. The van der Waals surface area contributed by atoms with Crippen molar-refractivity contribution >= 4 is 17.5 Å². The minimum absolute atomic E-state index is 0.112. The Labute approximate surface area is 129 Å². The van der Waals surface area contributed by atoms with Gasteiger partial charge in [0.2, 0.25) is 5.91 Å². The molecule has 2 N–H and O–H groups in total. The number of nitrogens with zero attached hydrogens (tertiary/aromatic N) is 1. The molecule has 2 rings (SSSR count). The zero-order valence-corrected chi connectivity index (χ0v) is 12.8. The molecule has 0 bridgehead atoms. The standard InChI is InChI=1S/C15H20ClFN2O2/c1-19(9-11-12(16)3-2-4-13(11)17)15(20)14(18)10-5-7-21-8-6-10/h2-4,10,14H,5-9,18H2,1H3. The van der Waals surface area contributed by atoms with Crippen molar-refractivity contribution in [3.8, 4) is 0 Å². The van der Waals surface area contributed by atoms with Crippen LogP contribution in [0, 0.1) is 11.7 Å². The first-order valence-electron chi connectivity index (χ1n) is 7.02. The first-order valence-corrected chi connectivity index (χ1v) is 7.39. The predicted octanol–water partition coefficient (Wildman–Crippen LogP) is 2.19. The van der Waals surface area contributed by atoms with Crippen molar-refractivity contribution in [1.29, 1.82) is 0 Å². The molecule has 6 heteroatoms. The average Bonchev–Trinajstić information content (AvgIpc) is 2.50. The van der Waals surface area contributed by atoms with Gasteiger partial charge in [0.05, 0.1) is 6.04 Å². The third kappa shape index (κ3) is 3.93. The molecule has 1 heterocycles. The number of amides is 1. The second-order valence-corrected chi connectivity index (χ2v) is 5.78. The van der Waals surface area contributed by atoms with Crippen molar-refractivity contribution < 1.29 is 13.9 Å². The molecular weight excluding hydrogens is 295 g/mol. The van der Waals surface area contributed by atoms with E-state index in [0.717, 1.165) is 12.8 Å². The van der Waals surface area contributed by atoms with Gasteiger partial charge in [-0.05, 0) is 30.9 Å². The van der Waals surface area contributed by atoms with Gasteiger partial charge in [-0.3, -0.25) is 4.79 Å². The van der Waals surface area contributed by atoms with Crippen LogP contribution in [0.25, 0.3) is 0 Å². The van der Waals surface area contributed by atoms with Crippen LogP contribution in [0.3, 0.4) is 0 Å². The normalized spacial score (nSPS) is 17.5. The second kappa shape index (κ2) is 7.20. The minimum Gasteiger partial charge on any atom is -0.381 e. The summed E-state index contributed by atoms with van der Waals surface area (Å²) in [6.45, 7) is 1.38. The van der Waals surface area contributed by atoms with Crippen LogP contribution in [-0.4, -0.2) is 37.1 Å². The molecule has 1 aromatic rings. The van der Waals surface area contributed by atoms with Crippen LogP contribution >= 0.6 is 11.6 Å². The first kappa shape index (κ1) is 16.2. The van der Waals surface area contributed by atoms with Gasteiger partial charge in [0, 0.05) is 37.4 Å². The maximum atomic E-state index is 13.8. The number of benzene rings is 1. The Balaban J connectivity index is 2.02. The number of ether oxygens (including phenoxy) is 1. The third-order valence-electron chi connectivity index (χ3n) is 3.89. The molecule has 0 spiro atoms. The van der Waals surface area contributed by atoms with Crippen molar-refractivity contribution in [1.82, 2.24) is 4.90 Å². The highest BCUT2D eigenvalue weighted by molar-refractivity contribution is 6.31. The van der Waals surface area contributed by atoms with E-state index in [1.54, 1.807) is 13.1 Å². The van der Waals surface area contributed by atoms with E-state index in [-0.39, 0.29) is 18.4 Å². The minimum atomic E-state index is -0.579. The van der Waals surface area contributed by atoms with E-state index in [4.69, 9.17) is 22.1 Å². The average molecular weight is 315 g/mol. The van der Waals surface area contributed by atoms with E-state index in [9.17, 15) is 9.18 Å². The van der Waals surface area contributed by atoms with E-state index >= 15 is 0 Å². The van der Waals surface area contributed by atoms with E-state index in [1.807, 2.05) is 0 Å². The smallest absolute Gasteiger partial charge is 0.239 e. The van der Waals surface area contributed by atoms with Crippen LogP contribution in [0.5, 0.6) is 0 Å². The van der Waals surface area contributed by atoms with Gasteiger partial charge in [0.25, 0.3) is 0 Å². The number of rotatable bonds is 4. The summed E-state index contributed by atoms with van der Waals surface area (Å²) in [6, 6.07) is 3.90. The molecule has 4 nitrogen and oxygen atoms in total. The molecular formula is C15H20ClFN2O2. The lowest BCUT2D eigenvalue weighted by molar-refractivity contribution is -0.133. The molecule has 1 aliphatic heterocycles. The number of nitrogens with two attached hydrogens (primary N) is 1. The van der Waals surface area contributed by atoms with Gasteiger partial charge in [0.15, 0.2) is 0 Å². The SMILES string of the molecule is CN(Cc1c(F)cccc1Cl)C(=O)C(N)C1CCOCC1. The highest BCUT2D eigenvalue weighted by atomic mass is 35.5. The molecule has 0 radical (unpaired) electrons. The summed E-state index contributed by atoms with van der Waals surface area (Å²) in [5.74, 6) is -0.493. The molecule has 1 aromatic carbocycles. The number of halogens is 2. The highest BCUT2D eigenvalue weighted by Gasteiger charge is 2.29. The van der Waals surface area contributed by atoms with Crippen LogP contribution in [0.4, 0.5) is 4.39 Å². The van der Waals surface area contributed by atoms with E-state index < -0.39 is 11.9 Å². The van der Waals surface area contributed by atoms with Gasteiger partial charge < -0.3 is 15.4 Å². The lowest BCUT2D eigenvalue weighted by Crippen LogP contribution is -2.47. The fourth-order valence-corrected chi connectivity index (χ4v) is 2.75. The molecule has 1 unspecified atom stereocenters. The molecule has 0 aliphatic carbocycles. The highest BCUT2D eigenvalue weighted by Crippen LogP contribution is 2.22. The number of hydrogen-bond donors (Lipinski definition) is 1. The molecule has 1 fully saturated rings. The van der Waals surface area contributed by atoms with Gasteiger partial charge in [-0.25, -0.2) is 4.39 Å². The second-order valence-electron chi connectivity index (χ2n) is 5.37. The lowest BCUT2D eigenvalue weighted by Gasteiger charge is -2.30. The third-order valence-corrected chi connectivity index (χ3v) is 4.25. The summed E-state index contributed by atoms with van der Waals surface area (Å²) >= 11 is 5.98. The number of likely N-dealkylation sites (N-methyl/N-ethyl adjacent to an activating group) is 1. The molecule has 1 atom stereocenters. The predicted molar refractivity (Wildman–Crippen MR) is 79.4 cm³/mol. The van der Waals surface area contributed by atoms with Crippen LogP contribution in [0.2, 0.25) is 5.02 Å². The Bertz CT molecular complexity index is 486. The Morgan fingerprint density at radius 3 is 2.81 bits per heavy atom. The van der Waals surface area contributed by atoms with Gasteiger partial charge in [-0.1, -0.05) is 17.7 Å². The van der Waals surface area contributed by atoms with Crippen LogP contribution in [0.1, 0.15) is 18.4 Å². The quantitative estimate of drug-likeness (QED) is 0.927. The first-order chi connectivity index (χ1) is 10.0. The summed E-state index contributed by atoms with van der Waals surface area (Å²) in [5.41, 5.74) is 6.36. The molecule has 116 valence electrons. The summed E-state index contributed by atoms with van der Waals surface area (Å²) in [5, 5.41) is 0.314. The maximum Gasteiger partial charge on any atom is 0.239 e. The van der Waals surface area contributed by atoms with Gasteiger partial charge in [-0.15, -0.1) is 0 Å². The van der Waals surface area contributed by atoms with Crippen molar-refractivity contribution in [3.05, 3.63) is 34.6 Å².